The van der Waals surface area contributed by atoms with E-state index in [1.807, 2.05) is 33.9 Å². The lowest BCUT2D eigenvalue weighted by Gasteiger charge is -2.14. The highest BCUT2D eigenvalue weighted by molar-refractivity contribution is 7.16. The Balaban J connectivity index is 0.000000246. The van der Waals surface area contributed by atoms with Gasteiger partial charge in [-0.2, -0.15) is 0 Å². The number of nitrogens with zero attached hydrogens (tertiary/aromatic N) is 1. The average molecular weight is 299 g/mol. The summed E-state index contributed by atoms with van der Waals surface area (Å²) in [6, 6.07) is 4.57. The molecule has 1 aliphatic carbocycles. The summed E-state index contributed by atoms with van der Waals surface area (Å²) >= 11 is 1.60. The normalized spacial score (nSPS) is 20.4. The topological polar surface area (TPSA) is 79.8 Å². The highest BCUT2D eigenvalue weighted by Crippen LogP contribution is 2.44. The van der Waals surface area contributed by atoms with Gasteiger partial charge in [-0.25, -0.2) is 5.43 Å². The highest BCUT2D eigenvalue weighted by atomic mass is 32.1. The van der Waals surface area contributed by atoms with E-state index in [9.17, 15) is 9.70 Å². The van der Waals surface area contributed by atoms with Crippen molar-refractivity contribution in [3.05, 3.63) is 21.9 Å². The molecule has 20 heavy (non-hydrogen) atoms. The first-order valence-electron chi connectivity index (χ1n) is 6.38. The second-order valence-corrected chi connectivity index (χ2v) is 6.58. The smallest absolute Gasteiger partial charge is 0.293 e. The lowest BCUT2D eigenvalue weighted by Crippen LogP contribution is -2.17. The zero-order valence-corrected chi connectivity index (χ0v) is 13.0. The van der Waals surface area contributed by atoms with Gasteiger partial charge in [0.25, 0.3) is 6.47 Å². The maximum atomic E-state index is 9.92. The molecule has 2 N–H and O–H groups in total. The van der Waals surface area contributed by atoms with E-state index in [0.29, 0.717) is 18.4 Å². The van der Waals surface area contributed by atoms with Crippen molar-refractivity contribution in [3.63, 3.8) is 0 Å². The zero-order valence-electron chi connectivity index (χ0n) is 12.2. The summed E-state index contributed by atoms with van der Waals surface area (Å²) < 4.78 is 4.55. The summed E-state index contributed by atoms with van der Waals surface area (Å²) in [5, 5.41) is 6.69. The monoisotopic (exact) mass is 299 g/mol. The van der Waals surface area contributed by atoms with Crippen LogP contribution in [0.2, 0.25) is 0 Å². The molecule has 0 spiro atoms. The second kappa shape index (κ2) is 7.35. The quantitative estimate of drug-likeness (QED) is 0.496. The number of ether oxygens (including phenoxy) is 1. The number of rotatable bonds is 5. The van der Waals surface area contributed by atoms with Crippen molar-refractivity contribution in [1.29, 1.82) is 0 Å². The number of hydrogen-bond acceptors (Lipinski definition) is 6. The second-order valence-electron chi connectivity index (χ2n) is 5.47. The summed E-state index contributed by atoms with van der Waals surface area (Å²) in [5.74, 6) is 0.636. The fourth-order valence-electron chi connectivity index (χ4n) is 1.63. The fraction of sp³-hybridized carbons (Fsp3) is 0.615. The van der Waals surface area contributed by atoms with Gasteiger partial charge in [0, 0.05) is 16.8 Å². The summed E-state index contributed by atoms with van der Waals surface area (Å²) in [6.45, 7) is 5.92. The van der Waals surface area contributed by atoms with Crippen LogP contribution < -0.4 is 10.7 Å². The van der Waals surface area contributed by atoms with Crippen LogP contribution >= 0.6 is 11.3 Å². The van der Waals surface area contributed by atoms with Crippen molar-refractivity contribution in [2.24, 2.45) is 5.29 Å². The molecule has 0 radical (unpaired) electrons. The van der Waals surface area contributed by atoms with Crippen LogP contribution in [0.1, 0.15) is 38.0 Å². The molecule has 0 aliphatic heterocycles. The molecule has 1 heterocycles. The fourth-order valence-corrected chi connectivity index (χ4v) is 2.65. The van der Waals surface area contributed by atoms with Crippen LogP contribution in [-0.2, 0) is 9.53 Å². The Kier molecular flexibility index (Phi) is 6.09. The van der Waals surface area contributed by atoms with Gasteiger partial charge in [-0.3, -0.25) is 4.79 Å². The van der Waals surface area contributed by atoms with E-state index in [1.54, 1.807) is 11.3 Å². The van der Waals surface area contributed by atoms with Crippen molar-refractivity contribution in [2.75, 3.05) is 12.5 Å². The van der Waals surface area contributed by atoms with Crippen LogP contribution in [0, 0.1) is 4.91 Å². The van der Waals surface area contributed by atoms with E-state index in [-0.39, 0.29) is 5.60 Å². The number of carbonyl (C=O) groups is 1. The molecule has 0 aromatic carbocycles. The highest BCUT2D eigenvalue weighted by Gasteiger charge is 2.37. The van der Waals surface area contributed by atoms with Gasteiger partial charge in [-0.15, -0.1) is 16.2 Å². The Morgan fingerprint density at radius 2 is 2.15 bits per heavy atom. The van der Waals surface area contributed by atoms with Crippen LogP contribution in [0.5, 0.6) is 0 Å². The number of thiophene rings is 1. The Morgan fingerprint density at radius 3 is 2.55 bits per heavy atom. The molecule has 112 valence electrons. The Labute approximate surface area is 122 Å². The van der Waals surface area contributed by atoms with E-state index in [2.05, 4.69) is 26.8 Å². The molecule has 0 saturated heterocycles. The molecule has 1 aromatic heterocycles. The molecular weight excluding hydrogens is 278 g/mol. The van der Waals surface area contributed by atoms with E-state index >= 15 is 0 Å². The molecule has 0 amide bonds. The van der Waals surface area contributed by atoms with E-state index in [4.69, 9.17) is 0 Å². The zero-order chi connectivity index (χ0) is 15.2. The molecule has 1 aliphatic rings. The first-order chi connectivity index (χ1) is 9.41. The standard InChI is InChI=1S/C8H11N3OS.C5H10O2/c1-9-6-4-5(6)7-2-3-8(13-7)10-11-12;1-5(2,3)7-4-6/h2-3,5-6,9H,4H2,1H3,(H,10,12);4H,1-3H3. The minimum atomic E-state index is -0.318. The molecule has 1 saturated carbocycles. The number of likely N-dealkylation sites (N-methyl/N-ethyl adjacent to an activating group) is 1. The summed E-state index contributed by atoms with van der Waals surface area (Å²) in [6.07, 6.45) is 1.20. The molecule has 1 fully saturated rings. The maximum absolute atomic E-state index is 9.92. The molecule has 0 bridgehead atoms. The van der Waals surface area contributed by atoms with Gasteiger partial charge in [-0.05, 0) is 46.4 Å². The average Bonchev–Trinajstić information content (AvgIpc) is 3.01. The molecule has 1 aromatic rings. The Bertz CT molecular complexity index is 442. The van der Waals surface area contributed by atoms with Crippen molar-refractivity contribution in [1.82, 2.24) is 5.32 Å². The summed E-state index contributed by atoms with van der Waals surface area (Å²) in [5.41, 5.74) is 2.09. The third-order valence-corrected chi connectivity index (χ3v) is 3.83. The SMILES string of the molecule is CC(C)(C)OC=O.CNC1CC1c1ccc(NN=O)s1. The number of anilines is 1. The summed E-state index contributed by atoms with van der Waals surface area (Å²) in [7, 11) is 1.98. The van der Waals surface area contributed by atoms with E-state index in [1.165, 1.54) is 11.3 Å². The van der Waals surface area contributed by atoms with Gasteiger partial charge in [0.05, 0.1) is 5.29 Å². The molecule has 2 atom stereocenters. The largest absolute Gasteiger partial charge is 0.462 e. The number of nitrogens with one attached hydrogen (secondary N) is 2. The molecule has 7 heteroatoms. The molecule has 2 rings (SSSR count). The van der Waals surface area contributed by atoms with Gasteiger partial charge in [0.1, 0.15) is 10.6 Å². The third kappa shape index (κ3) is 5.66. The predicted molar refractivity (Wildman–Crippen MR) is 80.8 cm³/mol. The van der Waals surface area contributed by atoms with Gasteiger partial charge in [0.2, 0.25) is 0 Å². The van der Waals surface area contributed by atoms with Crippen LogP contribution in [0.25, 0.3) is 0 Å². The maximum Gasteiger partial charge on any atom is 0.293 e. The summed E-state index contributed by atoms with van der Waals surface area (Å²) in [4.78, 5) is 20.8. The number of nitroso groups, excluding NO2 is 1. The van der Waals surface area contributed by atoms with Crippen molar-refractivity contribution >= 4 is 22.8 Å². The lowest BCUT2D eigenvalue weighted by molar-refractivity contribution is -0.138. The van der Waals surface area contributed by atoms with Crippen LogP contribution in [0.15, 0.2) is 17.4 Å². The molecular formula is C13H21N3O3S. The predicted octanol–water partition coefficient (Wildman–Crippen LogP) is 2.87. The Morgan fingerprint density at radius 1 is 1.45 bits per heavy atom. The lowest BCUT2D eigenvalue weighted by atomic mass is 10.2. The number of hydrogen-bond donors (Lipinski definition) is 2. The van der Waals surface area contributed by atoms with Crippen LogP contribution in [0.3, 0.4) is 0 Å². The van der Waals surface area contributed by atoms with Crippen molar-refractivity contribution in [3.8, 4) is 0 Å². The van der Waals surface area contributed by atoms with Crippen LogP contribution in [0.4, 0.5) is 5.00 Å². The van der Waals surface area contributed by atoms with Crippen molar-refractivity contribution < 1.29 is 9.53 Å². The minimum absolute atomic E-state index is 0.318. The minimum Gasteiger partial charge on any atom is -0.462 e. The molecule has 2 unspecified atom stereocenters. The van der Waals surface area contributed by atoms with Gasteiger partial charge < -0.3 is 10.1 Å². The van der Waals surface area contributed by atoms with Gasteiger partial charge in [-0.1, -0.05) is 0 Å². The Hall–Kier alpha value is -1.47. The third-order valence-electron chi connectivity index (χ3n) is 2.71. The molecule has 6 nitrogen and oxygen atoms in total. The van der Waals surface area contributed by atoms with E-state index in [0.717, 1.165) is 5.00 Å². The first-order valence-corrected chi connectivity index (χ1v) is 7.19. The van der Waals surface area contributed by atoms with Gasteiger partial charge >= 0.3 is 0 Å². The van der Waals surface area contributed by atoms with Gasteiger partial charge in [0.15, 0.2) is 0 Å². The van der Waals surface area contributed by atoms with E-state index < -0.39 is 0 Å². The van der Waals surface area contributed by atoms with Crippen molar-refractivity contribution in [2.45, 2.75) is 44.8 Å². The number of carbonyl (C=O) groups excluding carboxylic acids is 1. The van der Waals surface area contributed by atoms with Crippen LogP contribution in [-0.4, -0.2) is 25.2 Å². The first kappa shape index (κ1) is 16.6.